The summed E-state index contributed by atoms with van der Waals surface area (Å²) in [6, 6.07) is 2.10. The second-order valence-electron chi connectivity index (χ2n) is 4.12. The zero-order valence-electron chi connectivity index (χ0n) is 10.6. The maximum Gasteiger partial charge on any atom is 0.243 e. The summed E-state index contributed by atoms with van der Waals surface area (Å²) in [7, 11) is -3.93. The van der Waals surface area contributed by atoms with Gasteiger partial charge >= 0.3 is 0 Å². The summed E-state index contributed by atoms with van der Waals surface area (Å²) in [6.45, 7) is 3.95. The van der Waals surface area contributed by atoms with Gasteiger partial charge in [-0.3, -0.25) is 0 Å². The Morgan fingerprint density at radius 3 is 2.68 bits per heavy atom. The fourth-order valence-corrected chi connectivity index (χ4v) is 2.72. The molecule has 3 N–H and O–H groups in total. The Morgan fingerprint density at radius 1 is 1.47 bits per heavy atom. The van der Waals surface area contributed by atoms with Gasteiger partial charge in [0.25, 0.3) is 0 Å². The number of nitrogens with two attached hydrogens (primary N) is 1. The summed E-state index contributed by atoms with van der Waals surface area (Å²) in [5, 5.41) is 0. The first kappa shape index (κ1) is 16.4. The van der Waals surface area contributed by atoms with Crippen LogP contribution in [0, 0.1) is 5.82 Å². The van der Waals surface area contributed by atoms with Crippen LogP contribution in [0.5, 0.6) is 0 Å². The number of hydrogen-bond donors (Lipinski definition) is 2. The lowest BCUT2D eigenvalue weighted by Crippen LogP contribution is -2.29. The summed E-state index contributed by atoms with van der Waals surface area (Å²) >= 11 is 3.03. The smallest absolute Gasteiger partial charge is 0.243 e. The van der Waals surface area contributed by atoms with Crippen LogP contribution in [-0.2, 0) is 14.8 Å². The van der Waals surface area contributed by atoms with Crippen molar-refractivity contribution in [3.05, 3.63) is 22.4 Å². The molecule has 8 heteroatoms. The second-order valence-corrected chi connectivity index (χ2v) is 6.71. The summed E-state index contributed by atoms with van der Waals surface area (Å²) < 4.78 is 45.2. The molecule has 0 atom stereocenters. The third-order valence-corrected chi connectivity index (χ3v) is 4.35. The van der Waals surface area contributed by atoms with Crippen LogP contribution in [0.4, 0.5) is 10.1 Å². The van der Waals surface area contributed by atoms with E-state index in [0.29, 0.717) is 4.47 Å². The Hall–Kier alpha value is -0.700. The number of anilines is 1. The van der Waals surface area contributed by atoms with Crippen molar-refractivity contribution < 1.29 is 17.5 Å². The highest BCUT2D eigenvalue weighted by molar-refractivity contribution is 9.10. The fraction of sp³-hybridized carbons (Fsp3) is 0.455. The molecule has 108 valence electrons. The third-order valence-electron chi connectivity index (χ3n) is 2.19. The quantitative estimate of drug-likeness (QED) is 0.603. The van der Waals surface area contributed by atoms with E-state index >= 15 is 0 Å². The normalized spacial score (nSPS) is 12.1. The summed E-state index contributed by atoms with van der Waals surface area (Å²) in [6.07, 6.45) is 0.00423. The lowest BCUT2D eigenvalue weighted by atomic mass is 10.3. The molecule has 0 spiro atoms. The number of ether oxygens (including phenoxy) is 1. The van der Waals surface area contributed by atoms with Crippen molar-refractivity contribution >= 4 is 31.6 Å². The first-order chi connectivity index (χ1) is 8.74. The van der Waals surface area contributed by atoms with Crippen LogP contribution in [0.25, 0.3) is 0 Å². The number of nitrogen functional groups attached to an aromatic ring is 1. The predicted molar refractivity (Wildman–Crippen MR) is 74.8 cm³/mol. The summed E-state index contributed by atoms with van der Waals surface area (Å²) in [5.74, 6) is -0.863. The van der Waals surface area contributed by atoms with Gasteiger partial charge in [-0.15, -0.1) is 0 Å². The van der Waals surface area contributed by atoms with Gasteiger partial charge in [-0.05, 0) is 41.9 Å². The van der Waals surface area contributed by atoms with E-state index in [1.165, 1.54) is 0 Å². The van der Waals surface area contributed by atoms with E-state index in [9.17, 15) is 12.8 Å². The van der Waals surface area contributed by atoms with E-state index in [-0.39, 0.29) is 24.9 Å². The van der Waals surface area contributed by atoms with Crippen molar-refractivity contribution in [3.63, 3.8) is 0 Å². The van der Waals surface area contributed by atoms with Crippen LogP contribution in [0.3, 0.4) is 0 Å². The molecule has 0 bridgehead atoms. The molecule has 5 nitrogen and oxygen atoms in total. The van der Waals surface area contributed by atoms with Crippen molar-refractivity contribution in [2.24, 2.45) is 0 Å². The Labute approximate surface area is 120 Å². The van der Waals surface area contributed by atoms with Gasteiger partial charge in [-0.2, -0.15) is 0 Å². The van der Waals surface area contributed by atoms with Crippen molar-refractivity contribution in [2.75, 3.05) is 18.9 Å². The average Bonchev–Trinajstić information content (AvgIpc) is 2.29. The van der Waals surface area contributed by atoms with Gasteiger partial charge in [-0.25, -0.2) is 17.5 Å². The van der Waals surface area contributed by atoms with Crippen LogP contribution >= 0.6 is 15.9 Å². The Morgan fingerprint density at radius 2 is 2.11 bits per heavy atom. The molecule has 1 aromatic rings. The highest BCUT2D eigenvalue weighted by Gasteiger charge is 2.20. The van der Waals surface area contributed by atoms with Crippen molar-refractivity contribution in [2.45, 2.75) is 24.8 Å². The minimum Gasteiger partial charge on any atom is -0.398 e. The third kappa shape index (κ3) is 4.72. The topological polar surface area (TPSA) is 81.4 Å². The lowest BCUT2D eigenvalue weighted by Gasteiger charge is -2.11. The maximum atomic E-state index is 13.6. The fourth-order valence-electron chi connectivity index (χ4n) is 1.30. The molecule has 0 saturated heterocycles. The molecular weight excluding hydrogens is 339 g/mol. The average molecular weight is 355 g/mol. The van der Waals surface area contributed by atoms with Crippen LogP contribution in [0.2, 0.25) is 0 Å². The van der Waals surface area contributed by atoms with E-state index in [4.69, 9.17) is 10.5 Å². The second kappa shape index (κ2) is 6.65. The van der Waals surface area contributed by atoms with E-state index in [2.05, 4.69) is 20.7 Å². The SMILES string of the molecule is CC(C)OCCNS(=O)(=O)c1cc(N)c(Br)cc1F. The molecule has 0 aliphatic heterocycles. The standard InChI is InChI=1S/C11H16BrFN2O3S/c1-7(2)18-4-3-15-19(16,17)11-6-10(14)8(12)5-9(11)13/h5-7,15H,3-4,14H2,1-2H3. The minimum absolute atomic E-state index is 0.00423. The van der Waals surface area contributed by atoms with E-state index in [0.717, 1.165) is 12.1 Å². The number of nitrogens with one attached hydrogen (secondary N) is 1. The van der Waals surface area contributed by atoms with E-state index in [1.807, 2.05) is 13.8 Å². The van der Waals surface area contributed by atoms with Crippen LogP contribution < -0.4 is 10.5 Å². The molecule has 0 amide bonds. The van der Waals surface area contributed by atoms with Gasteiger partial charge in [0, 0.05) is 16.7 Å². The first-order valence-corrected chi connectivity index (χ1v) is 7.87. The van der Waals surface area contributed by atoms with Gasteiger partial charge in [0.15, 0.2) is 0 Å². The Kier molecular flexibility index (Phi) is 5.72. The highest BCUT2D eigenvalue weighted by Crippen LogP contribution is 2.25. The van der Waals surface area contributed by atoms with E-state index < -0.39 is 20.7 Å². The van der Waals surface area contributed by atoms with Crippen LogP contribution in [0.15, 0.2) is 21.5 Å². The zero-order chi connectivity index (χ0) is 14.6. The molecule has 1 aromatic carbocycles. The number of halogens is 2. The van der Waals surface area contributed by atoms with Crippen molar-refractivity contribution in [3.8, 4) is 0 Å². The number of benzene rings is 1. The molecule has 0 aliphatic carbocycles. The molecule has 0 fully saturated rings. The van der Waals surface area contributed by atoms with Gasteiger partial charge in [0.05, 0.1) is 12.7 Å². The molecular formula is C11H16BrFN2O3S. The molecule has 1 rings (SSSR count). The lowest BCUT2D eigenvalue weighted by molar-refractivity contribution is 0.0834. The summed E-state index contributed by atoms with van der Waals surface area (Å²) in [5.41, 5.74) is 5.70. The van der Waals surface area contributed by atoms with Gasteiger partial charge in [-0.1, -0.05) is 0 Å². The molecule has 0 aliphatic rings. The largest absolute Gasteiger partial charge is 0.398 e. The van der Waals surface area contributed by atoms with Crippen molar-refractivity contribution in [1.82, 2.24) is 4.72 Å². The van der Waals surface area contributed by atoms with Crippen LogP contribution in [0.1, 0.15) is 13.8 Å². The van der Waals surface area contributed by atoms with Gasteiger partial charge in [0.1, 0.15) is 10.7 Å². The predicted octanol–water partition coefficient (Wildman–Crippen LogP) is 1.87. The number of sulfonamides is 1. The maximum absolute atomic E-state index is 13.6. The number of hydrogen-bond acceptors (Lipinski definition) is 4. The zero-order valence-corrected chi connectivity index (χ0v) is 13.0. The molecule has 0 radical (unpaired) electrons. The van der Waals surface area contributed by atoms with E-state index in [1.54, 1.807) is 0 Å². The van der Waals surface area contributed by atoms with Gasteiger partial charge in [0.2, 0.25) is 10.0 Å². The monoisotopic (exact) mass is 354 g/mol. The Bertz CT molecular complexity index is 549. The van der Waals surface area contributed by atoms with Crippen LogP contribution in [-0.4, -0.2) is 27.7 Å². The minimum atomic E-state index is -3.93. The first-order valence-electron chi connectivity index (χ1n) is 5.60. The van der Waals surface area contributed by atoms with Crippen molar-refractivity contribution in [1.29, 1.82) is 0 Å². The molecule has 0 unspecified atom stereocenters. The Balaban J connectivity index is 2.80. The molecule has 0 heterocycles. The molecule has 19 heavy (non-hydrogen) atoms. The molecule has 0 aromatic heterocycles. The molecule has 0 saturated carbocycles. The number of rotatable bonds is 6. The van der Waals surface area contributed by atoms with Gasteiger partial charge < -0.3 is 10.5 Å². The highest BCUT2D eigenvalue weighted by atomic mass is 79.9. The summed E-state index contributed by atoms with van der Waals surface area (Å²) in [4.78, 5) is -0.474.